The van der Waals surface area contributed by atoms with E-state index in [1.165, 1.54) is 11.6 Å². The van der Waals surface area contributed by atoms with Gasteiger partial charge in [0.25, 0.3) is 10.0 Å². The molecule has 0 bridgehead atoms. The molecule has 2 aromatic carbocycles. The monoisotopic (exact) mass is 413 g/mol. The quantitative estimate of drug-likeness (QED) is 0.690. The highest BCUT2D eigenvalue weighted by Gasteiger charge is 2.25. The Labute approximate surface area is 172 Å². The average Bonchev–Trinajstić information content (AvgIpc) is 2.66. The molecule has 7 heteroatoms. The summed E-state index contributed by atoms with van der Waals surface area (Å²) in [6.45, 7) is 3.92. The molecule has 0 aromatic heterocycles. The largest absolute Gasteiger partial charge is 0.354 e. The molecular weight excluding hydrogens is 386 g/mol. The number of hydrogen-bond acceptors (Lipinski definition) is 4. The van der Waals surface area contributed by atoms with Gasteiger partial charge >= 0.3 is 0 Å². The fourth-order valence-electron chi connectivity index (χ4n) is 3.41. The summed E-state index contributed by atoms with van der Waals surface area (Å²) in [4.78, 5) is 12.5. The molecule has 0 aliphatic carbocycles. The molecule has 1 amide bonds. The summed E-state index contributed by atoms with van der Waals surface area (Å²) in [5.41, 5.74) is 1.79. The zero-order chi connectivity index (χ0) is 20.9. The van der Waals surface area contributed by atoms with Crippen molar-refractivity contribution in [2.45, 2.75) is 50.5 Å². The molecule has 0 fully saturated rings. The van der Waals surface area contributed by atoms with E-state index in [9.17, 15) is 13.2 Å². The van der Waals surface area contributed by atoms with Crippen molar-refractivity contribution >= 4 is 27.5 Å². The number of amides is 1. The van der Waals surface area contributed by atoms with Gasteiger partial charge in [0.15, 0.2) is 0 Å². The van der Waals surface area contributed by atoms with Gasteiger partial charge in [-0.2, -0.15) is 8.42 Å². The maximum atomic E-state index is 12.4. The third-order valence-electron chi connectivity index (χ3n) is 4.87. The summed E-state index contributed by atoms with van der Waals surface area (Å²) in [6, 6.07) is 17.0. The minimum absolute atomic E-state index is 0.0299. The number of hydrogen-bond donors (Lipinski definition) is 2. The summed E-state index contributed by atoms with van der Waals surface area (Å²) in [7, 11) is -3.69. The zero-order valence-electron chi connectivity index (χ0n) is 16.8. The number of amidine groups is 1. The number of para-hydroxylation sites is 1. The van der Waals surface area contributed by atoms with Crippen LogP contribution in [0.4, 0.5) is 5.69 Å². The van der Waals surface area contributed by atoms with Crippen molar-refractivity contribution in [2.24, 2.45) is 10.3 Å². The second-order valence-corrected chi connectivity index (χ2v) is 9.21. The van der Waals surface area contributed by atoms with E-state index in [1.807, 2.05) is 32.0 Å². The van der Waals surface area contributed by atoms with E-state index in [4.69, 9.17) is 0 Å². The standard InChI is InChI=1S/C22H27N3O3S/c1-16(14-21-24-19-10-6-7-11-20(19)29(27,28)25-21)15-22(26)23-17(2)12-13-18-8-4-3-5-9-18/h3-11,16-17H,12-15H2,1-2H3,(H,23,26)(H,24,25)/t16-,17+/m1/s1. The molecule has 6 nitrogen and oxygen atoms in total. The van der Waals surface area contributed by atoms with E-state index in [0.717, 1.165) is 12.8 Å². The third-order valence-corrected chi connectivity index (χ3v) is 6.24. The number of carbonyl (C=O) groups excluding carboxylic acids is 1. The predicted molar refractivity (Wildman–Crippen MR) is 115 cm³/mol. The fourth-order valence-corrected chi connectivity index (χ4v) is 4.56. The van der Waals surface area contributed by atoms with Gasteiger partial charge in [-0.1, -0.05) is 49.4 Å². The molecule has 0 radical (unpaired) electrons. The number of rotatable bonds is 8. The normalized spacial score (nSPS) is 16.7. The van der Waals surface area contributed by atoms with E-state index in [1.54, 1.807) is 18.2 Å². The van der Waals surface area contributed by atoms with Crippen LogP contribution in [-0.4, -0.2) is 26.2 Å². The van der Waals surface area contributed by atoms with Crippen LogP contribution in [0.15, 0.2) is 63.9 Å². The topological polar surface area (TPSA) is 87.6 Å². The van der Waals surface area contributed by atoms with Crippen molar-refractivity contribution in [2.75, 3.05) is 5.32 Å². The summed E-state index contributed by atoms with van der Waals surface area (Å²) in [5.74, 6) is 0.307. The summed E-state index contributed by atoms with van der Waals surface area (Å²) in [5, 5.41) is 6.11. The van der Waals surface area contributed by atoms with Crippen molar-refractivity contribution in [1.82, 2.24) is 5.32 Å². The number of nitrogens with one attached hydrogen (secondary N) is 2. The molecule has 2 N–H and O–H groups in total. The zero-order valence-corrected chi connectivity index (χ0v) is 17.6. The molecule has 0 spiro atoms. The highest BCUT2D eigenvalue weighted by molar-refractivity contribution is 7.90. The lowest BCUT2D eigenvalue weighted by molar-refractivity contribution is -0.122. The van der Waals surface area contributed by atoms with Gasteiger partial charge < -0.3 is 10.6 Å². The average molecular weight is 414 g/mol. The second-order valence-electron chi connectivity index (χ2n) is 7.64. The molecule has 1 heterocycles. The number of nitrogens with zero attached hydrogens (tertiary/aromatic N) is 1. The molecule has 0 saturated heterocycles. The first kappa shape index (κ1) is 21.0. The first-order chi connectivity index (χ1) is 13.8. The molecular formula is C22H27N3O3S. The Bertz CT molecular complexity index is 987. The van der Waals surface area contributed by atoms with E-state index < -0.39 is 10.0 Å². The van der Waals surface area contributed by atoms with E-state index in [-0.39, 0.29) is 22.8 Å². The molecule has 0 saturated carbocycles. The second kappa shape index (κ2) is 9.22. The number of carbonyl (C=O) groups is 1. The van der Waals surface area contributed by atoms with Gasteiger partial charge in [0.05, 0.1) is 5.69 Å². The Morgan fingerprint density at radius 3 is 2.52 bits per heavy atom. The third kappa shape index (κ3) is 5.90. The SMILES string of the molecule is C[C@@H](CC(=O)N[C@@H](C)CCc1ccccc1)CC1=NS(=O)(=O)c2ccccc2N1. The minimum atomic E-state index is -3.69. The van der Waals surface area contributed by atoms with Crippen molar-refractivity contribution in [3.63, 3.8) is 0 Å². The van der Waals surface area contributed by atoms with Crippen LogP contribution >= 0.6 is 0 Å². The van der Waals surface area contributed by atoms with Crippen LogP contribution in [0.2, 0.25) is 0 Å². The van der Waals surface area contributed by atoms with E-state index in [0.29, 0.717) is 24.4 Å². The van der Waals surface area contributed by atoms with Gasteiger partial charge in [-0.15, -0.1) is 4.40 Å². The van der Waals surface area contributed by atoms with Crippen LogP contribution in [-0.2, 0) is 21.2 Å². The van der Waals surface area contributed by atoms with E-state index >= 15 is 0 Å². The highest BCUT2D eigenvalue weighted by Crippen LogP contribution is 2.28. The Morgan fingerprint density at radius 1 is 1.07 bits per heavy atom. The summed E-state index contributed by atoms with van der Waals surface area (Å²) < 4.78 is 28.5. The van der Waals surface area contributed by atoms with Crippen molar-refractivity contribution < 1.29 is 13.2 Å². The molecule has 2 atom stereocenters. The summed E-state index contributed by atoms with van der Waals surface area (Å²) in [6.07, 6.45) is 2.49. The Morgan fingerprint density at radius 2 is 1.76 bits per heavy atom. The fraction of sp³-hybridized carbons (Fsp3) is 0.364. The molecule has 1 aliphatic heterocycles. The van der Waals surface area contributed by atoms with Gasteiger partial charge in [-0.25, -0.2) is 0 Å². The first-order valence-electron chi connectivity index (χ1n) is 9.86. The highest BCUT2D eigenvalue weighted by atomic mass is 32.2. The smallest absolute Gasteiger partial charge is 0.286 e. The Balaban J connectivity index is 1.48. The molecule has 29 heavy (non-hydrogen) atoms. The minimum Gasteiger partial charge on any atom is -0.354 e. The number of fused-ring (bicyclic) bond motifs is 1. The predicted octanol–water partition coefficient (Wildman–Crippen LogP) is 3.75. The lowest BCUT2D eigenvalue weighted by Crippen LogP contribution is -2.34. The van der Waals surface area contributed by atoms with Crippen LogP contribution < -0.4 is 10.6 Å². The summed E-state index contributed by atoms with van der Waals surface area (Å²) >= 11 is 0. The lowest BCUT2D eigenvalue weighted by atomic mass is 10.0. The molecule has 2 aromatic rings. The van der Waals surface area contributed by atoms with Crippen LogP contribution in [0.3, 0.4) is 0 Å². The van der Waals surface area contributed by atoms with Crippen LogP contribution in [0.1, 0.15) is 38.7 Å². The number of aryl methyl sites for hydroxylation is 1. The van der Waals surface area contributed by atoms with Crippen molar-refractivity contribution in [3.05, 3.63) is 60.2 Å². The van der Waals surface area contributed by atoms with Gasteiger partial charge in [0, 0.05) is 18.9 Å². The molecule has 1 aliphatic rings. The van der Waals surface area contributed by atoms with Gasteiger partial charge in [0.1, 0.15) is 10.7 Å². The van der Waals surface area contributed by atoms with Crippen LogP contribution in [0.25, 0.3) is 0 Å². The molecule has 3 rings (SSSR count). The number of anilines is 1. The Hall–Kier alpha value is -2.67. The van der Waals surface area contributed by atoms with Gasteiger partial charge in [-0.3, -0.25) is 4.79 Å². The number of sulfonamides is 1. The maximum Gasteiger partial charge on any atom is 0.286 e. The Kier molecular flexibility index (Phi) is 6.69. The molecule has 154 valence electrons. The van der Waals surface area contributed by atoms with Crippen molar-refractivity contribution in [3.8, 4) is 0 Å². The maximum absolute atomic E-state index is 12.4. The first-order valence-corrected chi connectivity index (χ1v) is 11.3. The lowest BCUT2D eigenvalue weighted by Gasteiger charge is -2.21. The van der Waals surface area contributed by atoms with Crippen molar-refractivity contribution in [1.29, 1.82) is 0 Å². The molecule has 0 unspecified atom stereocenters. The van der Waals surface area contributed by atoms with E-state index in [2.05, 4.69) is 27.2 Å². The van der Waals surface area contributed by atoms with Crippen LogP contribution in [0, 0.1) is 5.92 Å². The van der Waals surface area contributed by atoms with Gasteiger partial charge in [0.2, 0.25) is 5.91 Å². The number of benzene rings is 2. The van der Waals surface area contributed by atoms with Crippen LogP contribution in [0.5, 0.6) is 0 Å². The van der Waals surface area contributed by atoms with Gasteiger partial charge in [-0.05, 0) is 43.4 Å².